The van der Waals surface area contributed by atoms with Crippen LogP contribution >= 0.6 is 0 Å². The van der Waals surface area contributed by atoms with Crippen molar-refractivity contribution in [1.82, 2.24) is 9.97 Å². The monoisotopic (exact) mass is 345 g/mol. The fourth-order valence-electron chi connectivity index (χ4n) is 3.09. The van der Waals surface area contributed by atoms with Crippen LogP contribution in [0.5, 0.6) is 0 Å². The second-order valence-electron chi connectivity index (χ2n) is 6.34. The van der Waals surface area contributed by atoms with Gasteiger partial charge in [-0.2, -0.15) is 0 Å². The van der Waals surface area contributed by atoms with Gasteiger partial charge in [-0.3, -0.25) is 0 Å². The number of rotatable bonds is 5. The molecule has 5 nitrogen and oxygen atoms in total. The number of fused-ring (bicyclic) bond motifs is 1. The molecule has 1 aliphatic carbocycles. The fraction of sp³-hybridized carbons (Fsp3) is 0.444. The summed E-state index contributed by atoms with van der Waals surface area (Å²) >= 11 is 0. The lowest BCUT2D eigenvalue weighted by molar-refractivity contribution is 0.602. The van der Waals surface area contributed by atoms with Gasteiger partial charge in [0, 0.05) is 24.1 Å². The predicted molar refractivity (Wildman–Crippen MR) is 95.2 cm³/mol. The summed E-state index contributed by atoms with van der Waals surface area (Å²) in [5.74, 6) is 1.78. The van der Waals surface area contributed by atoms with Gasteiger partial charge in [0.15, 0.2) is 9.84 Å². The van der Waals surface area contributed by atoms with Crippen LogP contribution in [0.15, 0.2) is 29.2 Å². The van der Waals surface area contributed by atoms with E-state index in [4.69, 9.17) is 0 Å². The number of hydrogen-bond donors (Lipinski definition) is 1. The zero-order valence-electron chi connectivity index (χ0n) is 14.2. The van der Waals surface area contributed by atoms with Gasteiger partial charge >= 0.3 is 0 Å². The molecule has 1 N–H and O–H groups in total. The van der Waals surface area contributed by atoms with E-state index in [0.29, 0.717) is 4.90 Å². The van der Waals surface area contributed by atoms with E-state index in [1.165, 1.54) is 30.4 Å². The van der Waals surface area contributed by atoms with Gasteiger partial charge in [-0.1, -0.05) is 12.1 Å². The number of aryl methyl sites for hydroxylation is 2. The molecule has 3 rings (SSSR count). The number of aromatic nitrogens is 2. The van der Waals surface area contributed by atoms with Crippen LogP contribution < -0.4 is 5.32 Å². The van der Waals surface area contributed by atoms with Crippen molar-refractivity contribution < 1.29 is 8.42 Å². The Balaban J connectivity index is 1.66. The highest BCUT2D eigenvalue weighted by Gasteiger charge is 2.16. The molecule has 0 atom stereocenters. The van der Waals surface area contributed by atoms with Crippen LogP contribution in [0.25, 0.3) is 0 Å². The van der Waals surface area contributed by atoms with Crippen LogP contribution in [0.2, 0.25) is 0 Å². The lowest BCUT2D eigenvalue weighted by Gasteiger charge is -2.19. The molecule has 0 bridgehead atoms. The summed E-state index contributed by atoms with van der Waals surface area (Å²) in [5.41, 5.74) is 3.56. The highest BCUT2D eigenvalue weighted by atomic mass is 32.2. The Labute approximate surface area is 143 Å². The molecule has 0 aliphatic heterocycles. The van der Waals surface area contributed by atoms with Crippen LogP contribution in [-0.2, 0) is 29.1 Å². The molecule has 128 valence electrons. The van der Waals surface area contributed by atoms with Gasteiger partial charge in [-0.05, 0) is 56.7 Å². The average Bonchev–Trinajstić information content (AvgIpc) is 2.54. The summed E-state index contributed by atoms with van der Waals surface area (Å²) < 4.78 is 23.0. The van der Waals surface area contributed by atoms with E-state index in [2.05, 4.69) is 15.3 Å². The lowest BCUT2D eigenvalue weighted by atomic mass is 9.96. The van der Waals surface area contributed by atoms with Gasteiger partial charge in [0.1, 0.15) is 11.6 Å². The number of hydrogen-bond acceptors (Lipinski definition) is 5. The molecule has 0 spiro atoms. The van der Waals surface area contributed by atoms with E-state index in [0.717, 1.165) is 43.0 Å². The third kappa shape index (κ3) is 3.93. The summed E-state index contributed by atoms with van der Waals surface area (Å²) in [7, 11) is -3.13. The Morgan fingerprint density at radius 3 is 2.50 bits per heavy atom. The highest BCUT2D eigenvalue weighted by molar-refractivity contribution is 7.90. The first-order chi connectivity index (χ1) is 11.4. The van der Waals surface area contributed by atoms with Crippen LogP contribution in [0.3, 0.4) is 0 Å². The van der Waals surface area contributed by atoms with E-state index >= 15 is 0 Å². The first-order valence-electron chi connectivity index (χ1n) is 8.33. The van der Waals surface area contributed by atoms with Crippen molar-refractivity contribution in [1.29, 1.82) is 0 Å². The zero-order chi connectivity index (χ0) is 17.2. The summed E-state index contributed by atoms with van der Waals surface area (Å²) in [4.78, 5) is 9.49. The molecule has 0 fully saturated rings. The minimum Gasteiger partial charge on any atom is -0.369 e. The summed E-state index contributed by atoms with van der Waals surface area (Å²) in [6.07, 6.45) is 6.53. The molecule has 2 aromatic rings. The van der Waals surface area contributed by atoms with Gasteiger partial charge in [0.2, 0.25) is 0 Å². The summed E-state index contributed by atoms with van der Waals surface area (Å²) in [5, 5.41) is 3.44. The van der Waals surface area contributed by atoms with Crippen LogP contribution in [-0.4, -0.2) is 31.2 Å². The molecule has 1 aromatic heterocycles. The van der Waals surface area contributed by atoms with Gasteiger partial charge in [0.05, 0.1) is 4.90 Å². The maximum Gasteiger partial charge on any atom is 0.175 e. The zero-order valence-corrected chi connectivity index (χ0v) is 15.0. The van der Waals surface area contributed by atoms with Gasteiger partial charge in [-0.15, -0.1) is 0 Å². The smallest absolute Gasteiger partial charge is 0.175 e. The summed E-state index contributed by atoms with van der Waals surface area (Å²) in [6, 6.07) is 7.08. The molecule has 6 heteroatoms. The molecular formula is C18H23N3O2S. The minimum atomic E-state index is -3.13. The first kappa shape index (κ1) is 16.9. The molecule has 0 radical (unpaired) electrons. The Morgan fingerprint density at radius 2 is 1.79 bits per heavy atom. The maximum atomic E-state index is 11.5. The molecule has 0 saturated heterocycles. The second kappa shape index (κ2) is 6.89. The number of anilines is 1. The number of nitrogens with zero attached hydrogens (tertiary/aromatic N) is 2. The molecule has 24 heavy (non-hydrogen) atoms. The first-order valence-corrected chi connectivity index (χ1v) is 10.2. The lowest BCUT2D eigenvalue weighted by Crippen LogP contribution is -2.15. The average molecular weight is 345 g/mol. The quantitative estimate of drug-likeness (QED) is 0.902. The van der Waals surface area contributed by atoms with Crippen LogP contribution in [0, 0.1) is 6.92 Å². The van der Waals surface area contributed by atoms with E-state index in [9.17, 15) is 8.42 Å². The van der Waals surface area contributed by atoms with Crippen molar-refractivity contribution in [3.8, 4) is 0 Å². The maximum absolute atomic E-state index is 11.5. The summed E-state index contributed by atoms with van der Waals surface area (Å²) in [6.45, 7) is 2.70. The second-order valence-corrected chi connectivity index (χ2v) is 8.36. The molecule has 1 heterocycles. The largest absolute Gasteiger partial charge is 0.369 e. The Bertz CT molecular complexity index is 830. The molecule has 0 amide bonds. The minimum absolute atomic E-state index is 0.361. The Morgan fingerprint density at radius 1 is 1.08 bits per heavy atom. The standard InChI is InChI=1S/C18H23N3O2S/c1-13-20-17-6-4-3-5-16(17)18(21-13)19-12-11-14-7-9-15(10-8-14)24(2,22)23/h7-10H,3-6,11-12H2,1-2H3,(H,19,20,21). The normalized spacial score (nSPS) is 14.2. The van der Waals surface area contributed by atoms with Crippen molar-refractivity contribution in [2.75, 3.05) is 18.1 Å². The highest BCUT2D eigenvalue weighted by Crippen LogP contribution is 2.25. The van der Waals surface area contributed by atoms with E-state index in [1.807, 2.05) is 19.1 Å². The molecule has 1 aliphatic rings. The Kier molecular flexibility index (Phi) is 4.85. The van der Waals surface area contributed by atoms with Crippen LogP contribution in [0.1, 0.15) is 35.5 Å². The number of benzene rings is 1. The van der Waals surface area contributed by atoms with Gasteiger partial charge in [-0.25, -0.2) is 18.4 Å². The molecule has 0 unspecified atom stereocenters. The predicted octanol–water partition coefficient (Wildman–Crippen LogP) is 2.72. The van der Waals surface area contributed by atoms with E-state index in [-0.39, 0.29) is 0 Å². The van der Waals surface area contributed by atoms with Crippen molar-refractivity contribution in [2.45, 2.75) is 43.9 Å². The fourth-order valence-corrected chi connectivity index (χ4v) is 3.72. The third-order valence-corrected chi connectivity index (χ3v) is 5.48. The van der Waals surface area contributed by atoms with E-state index < -0.39 is 9.84 Å². The Hall–Kier alpha value is -1.95. The SMILES string of the molecule is Cc1nc2c(c(NCCc3ccc(S(C)(=O)=O)cc3)n1)CCCC2. The number of sulfone groups is 1. The van der Waals surface area contributed by atoms with Crippen molar-refractivity contribution in [3.63, 3.8) is 0 Å². The number of nitrogens with one attached hydrogen (secondary N) is 1. The van der Waals surface area contributed by atoms with Crippen molar-refractivity contribution in [3.05, 3.63) is 46.9 Å². The van der Waals surface area contributed by atoms with Crippen molar-refractivity contribution >= 4 is 15.7 Å². The van der Waals surface area contributed by atoms with Crippen molar-refractivity contribution in [2.24, 2.45) is 0 Å². The van der Waals surface area contributed by atoms with Crippen LogP contribution in [0.4, 0.5) is 5.82 Å². The molecule has 1 aromatic carbocycles. The van der Waals surface area contributed by atoms with Gasteiger partial charge < -0.3 is 5.32 Å². The molecule has 0 saturated carbocycles. The third-order valence-electron chi connectivity index (χ3n) is 4.35. The van der Waals surface area contributed by atoms with E-state index in [1.54, 1.807) is 12.1 Å². The molecular weight excluding hydrogens is 322 g/mol. The van der Waals surface area contributed by atoms with Gasteiger partial charge in [0.25, 0.3) is 0 Å². The topological polar surface area (TPSA) is 72.0 Å².